The molecule has 19 heavy (non-hydrogen) atoms. The van der Waals surface area contributed by atoms with Crippen molar-refractivity contribution in [3.63, 3.8) is 0 Å². The van der Waals surface area contributed by atoms with Crippen LogP contribution in [0, 0.1) is 5.92 Å². The zero-order chi connectivity index (χ0) is 13.7. The van der Waals surface area contributed by atoms with Gasteiger partial charge in [-0.15, -0.1) is 0 Å². The number of carboxylic acids is 1. The lowest BCUT2D eigenvalue weighted by atomic mass is 9.92. The monoisotopic (exact) mass is 261 g/mol. The quantitative estimate of drug-likeness (QED) is 0.856. The molecule has 0 saturated carbocycles. The second kappa shape index (κ2) is 6.29. The van der Waals surface area contributed by atoms with E-state index in [1.165, 1.54) is 12.2 Å². The van der Waals surface area contributed by atoms with Crippen molar-refractivity contribution >= 4 is 5.97 Å². The van der Waals surface area contributed by atoms with E-state index in [4.69, 9.17) is 0 Å². The molecule has 4 heteroatoms. The summed E-state index contributed by atoms with van der Waals surface area (Å²) in [4.78, 5) is 11.3. The number of hydrogen-bond acceptors (Lipinski definition) is 2. The molecule has 2 N–H and O–H groups in total. The smallest absolute Gasteiger partial charge is 0.321 e. The third kappa shape index (κ3) is 3.76. The first-order valence-corrected chi connectivity index (χ1v) is 6.21. The second-order valence-electron chi connectivity index (χ2n) is 4.53. The maximum Gasteiger partial charge on any atom is 0.321 e. The lowest BCUT2D eigenvalue weighted by Gasteiger charge is -2.23. The minimum absolute atomic E-state index is 0.222. The molecule has 0 aromatic heterocycles. The Bertz CT molecular complexity index is 496. The SMILES string of the molecule is O=C(O)C(NCc1ccccc1)[C@@H]1C=CC(F)=CC1. The van der Waals surface area contributed by atoms with E-state index in [0.717, 1.165) is 5.56 Å². The molecule has 0 amide bonds. The van der Waals surface area contributed by atoms with Crippen LogP contribution in [-0.2, 0) is 11.3 Å². The van der Waals surface area contributed by atoms with Crippen LogP contribution in [0.2, 0.25) is 0 Å². The molecule has 0 aliphatic heterocycles. The van der Waals surface area contributed by atoms with Crippen molar-refractivity contribution in [1.82, 2.24) is 5.32 Å². The molecule has 1 aromatic rings. The summed E-state index contributed by atoms with van der Waals surface area (Å²) in [7, 11) is 0. The van der Waals surface area contributed by atoms with Gasteiger partial charge in [0.15, 0.2) is 0 Å². The lowest BCUT2D eigenvalue weighted by molar-refractivity contribution is -0.140. The number of aliphatic carboxylic acids is 1. The van der Waals surface area contributed by atoms with Crippen molar-refractivity contribution < 1.29 is 14.3 Å². The number of carbonyl (C=O) groups is 1. The summed E-state index contributed by atoms with van der Waals surface area (Å²) in [6, 6.07) is 8.89. The first-order chi connectivity index (χ1) is 9.16. The average Bonchev–Trinajstić information content (AvgIpc) is 2.42. The highest BCUT2D eigenvalue weighted by molar-refractivity contribution is 5.74. The van der Waals surface area contributed by atoms with Crippen LogP contribution in [-0.4, -0.2) is 17.1 Å². The summed E-state index contributed by atoms with van der Waals surface area (Å²) < 4.78 is 12.9. The van der Waals surface area contributed by atoms with E-state index in [0.29, 0.717) is 13.0 Å². The Morgan fingerprint density at radius 3 is 2.74 bits per heavy atom. The van der Waals surface area contributed by atoms with E-state index < -0.39 is 12.0 Å². The normalized spacial score (nSPS) is 19.8. The molecular formula is C15H16FNO2. The van der Waals surface area contributed by atoms with Crippen LogP contribution in [0.5, 0.6) is 0 Å². The average molecular weight is 261 g/mol. The Morgan fingerprint density at radius 2 is 2.16 bits per heavy atom. The Labute approximate surface area is 111 Å². The fourth-order valence-electron chi connectivity index (χ4n) is 2.10. The topological polar surface area (TPSA) is 49.3 Å². The standard InChI is InChI=1S/C15H16FNO2/c16-13-8-6-12(7-9-13)14(15(18)19)17-10-11-4-2-1-3-5-11/h1-6,8-9,12,14,17H,7,10H2,(H,18,19)/t12-,14?/m1/s1. The van der Waals surface area contributed by atoms with Gasteiger partial charge >= 0.3 is 5.97 Å². The van der Waals surface area contributed by atoms with E-state index in [1.807, 2.05) is 30.3 Å². The molecule has 100 valence electrons. The third-order valence-electron chi connectivity index (χ3n) is 3.15. The summed E-state index contributed by atoms with van der Waals surface area (Å²) in [5.74, 6) is -1.44. The van der Waals surface area contributed by atoms with E-state index in [1.54, 1.807) is 6.08 Å². The molecule has 0 heterocycles. The van der Waals surface area contributed by atoms with Gasteiger partial charge in [-0.25, -0.2) is 4.39 Å². The number of rotatable bonds is 5. The third-order valence-corrected chi connectivity index (χ3v) is 3.15. The van der Waals surface area contributed by atoms with E-state index in [-0.39, 0.29) is 11.7 Å². The predicted molar refractivity (Wildman–Crippen MR) is 71.1 cm³/mol. The molecular weight excluding hydrogens is 245 g/mol. The molecule has 0 spiro atoms. The van der Waals surface area contributed by atoms with E-state index in [2.05, 4.69) is 5.32 Å². The van der Waals surface area contributed by atoms with Crippen LogP contribution in [0.3, 0.4) is 0 Å². The molecule has 2 rings (SSSR count). The van der Waals surface area contributed by atoms with Gasteiger partial charge in [0, 0.05) is 12.5 Å². The highest BCUT2D eigenvalue weighted by Gasteiger charge is 2.26. The minimum atomic E-state index is -0.915. The first-order valence-electron chi connectivity index (χ1n) is 6.21. The zero-order valence-corrected chi connectivity index (χ0v) is 10.4. The van der Waals surface area contributed by atoms with Crippen LogP contribution in [0.1, 0.15) is 12.0 Å². The van der Waals surface area contributed by atoms with Gasteiger partial charge in [-0.2, -0.15) is 0 Å². The molecule has 1 unspecified atom stereocenters. The highest BCUT2D eigenvalue weighted by Crippen LogP contribution is 2.20. The molecule has 2 atom stereocenters. The number of nitrogens with one attached hydrogen (secondary N) is 1. The predicted octanol–water partition coefficient (Wildman–Crippen LogP) is 2.66. The fourth-order valence-corrected chi connectivity index (χ4v) is 2.10. The van der Waals surface area contributed by atoms with Gasteiger partial charge in [-0.05, 0) is 24.1 Å². The van der Waals surface area contributed by atoms with Crippen molar-refractivity contribution in [3.05, 3.63) is 60.0 Å². The highest BCUT2D eigenvalue weighted by atomic mass is 19.1. The van der Waals surface area contributed by atoms with Crippen LogP contribution in [0.4, 0.5) is 4.39 Å². The maximum atomic E-state index is 12.9. The summed E-state index contributed by atoms with van der Waals surface area (Å²) >= 11 is 0. The summed E-state index contributed by atoms with van der Waals surface area (Å²) in [6.07, 6.45) is 4.77. The summed E-state index contributed by atoms with van der Waals surface area (Å²) in [5, 5.41) is 12.3. The van der Waals surface area contributed by atoms with Gasteiger partial charge in [0.2, 0.25) is 0 Å². The Hall–Kier alpha value is -1.94. The van der Waals surface area contributed by atoms with Gasteiger partial charge in [-0.3, -0.25) is 10.1 Å². The minimum Gasteiger partial charge on any atom is -0.480 e. The number of carboxylic acid groups (broad SMARTS) is 1. The number of benzene rings is 1. The van der Waals surface area contributed by atoms with Crippen LogP contribution in [0.15, 0.2) is 54.4 Å². The van der Waals surface area contributed by atoms with Gasteiger partial charge in [-0.1, -0.05) is 36.4 Å². The van der Waals surface area contributed by atoms with Crippen molar-refractivity contribution in [3.8, 4) is 0 Å². The number of allylic oxidation sites excluding steroid dienone is 3. The van der Waals surface area contributed by atoms with Crippen LogP contribution in [0.25, 0.3) is 0 Å². The van der Waals surface area contributed by atoms with Crippen molar-refractivity contribution in [1.29, 1.82) is 0 Å². The fraction of sp³-hybridized carbons (Fsp3) is 0.267. The number of hydrogen-bond donors (Lipinski definition) is 2. The van der Waals surface area contributed by atoms with Gasteiger partial charge in [0.05, 0.1) is 0 Å². The van der Waals surface area contributed by atoms with Crippen molar-refractivity contribution in [2.75, 3.05) is 0 Å². The van der Waals surface area contributed by atoms with Crippen molar-refractivity contribution in [2.24, 2.45) is 5.92 Å². The lowest BCUT2D eigenvalue weighted by Crippen LogP contribution is -2.42. The van der Waals surface area contributed by atoms with Crippen LogP contribution >= 0.6 is 0 Å². The van der Waals surface area contributed by atoms with Gasteiger partial charge in [0.1, 0.15) is 11.9 Å². The molecule has 1 aliphatic carbocycles. The first kappa shape index (κ1) is 13.5. The summed E-state index contributed by atoms with van der Waals surface area (Å²) in [5.41, 5.74) is 1.02. The molecule has 1 aliphatic rings. The largest absolute Gasteiger partial charge is 0.480 e. The van der Waals surface area contributed by atoms with Crippen molar-refractivity contribution in [2.45, 2.75) is 19.0 Å². The van der Waals surface area contributed by atoms with E-state index in [9.17, 15) is 14.3 Å². The molecule has 0 saturated heterocycles. The maximum absolute atomic E-state index is 12.9. The van der Waals surface area contributed by atoms with Gasteiger partial charge < -0.3 is 5.11 Å². The Balaban J connectivity index is 1.98. The molecule has 3 nitrogen and oxygen atoms in total. The van der Waals surface area contributed by atoms with Gasteiger partial charge in [0.25, 0.3) is 0 Å². The Morgan fingerprint density at radius 1 is 1.42 bits per heavy atom. The molecule has 0 fully saturated rings. The van der Waals surface area contributed by atoms with Crippen LogP contribution < -0.4 is 5.32 Å². The second-order valence-corrected chi connectivity index (χ2v) is 4.53. The molecule has 0 radical (unpaired) electrons. The Kier molecular flexibility index (Phi) is 4.47. The molecule has 1 aromatic carbocycles. The molecule has 0 bridgehead atoms. The number of halogens is 1. The zero-order valence-electron chi connectivity index (χ0n) is 10.4. The van der Waals surface area contributed by atoms with E-state index >= 15 is 0 Å². The summed E-state index contributed by atoms with van der Waals surface area (Å²) in [6.45, 7) is 0.480.